The Bertz CT molecular complexity index is 789. The predicted octanol–water partition coefficient (Wildman–Crippen LogP) is 6.91. The number of phenols is 1. The van der Waals surface area contributed by atoms with Crippen LogP contribution in [0.5, 0.6) is 5.75 Å². The summed E-state index contributed by atoms with van der Waals surface area (Å²) >= 11 is 12.6. The monoisotopic (exact) mass is 360 g/mol. The van der Waals surface area contributed by atoms with E-state index >= 15 is 0 Å². The van der Waals surface area contributed by atoms with Gasteiger partial charge in [-0.25, -0.2) is 0 Å². The van der Waals surface area contributed by atoms with Crippen LogP contribution in [0.4, 0.5) is 0 Å². The summed E-state index contributed by atoms with van der Waals surface area (Å²) in [6, 6.07) is 7.74. The highest BCUT2D eigenvalue weighted by molar-refractivity contribution is 6.33. The van der Waals surface area contributed by atoms with Crippen LogP contribution >= 0.6 is 23.2 Å². The molecule has 0 aliphatic carbocycles. The van der Waals surface area contributed by atoms with E-state index in [0.29, 0.717) is 15.6 Å². The maximum absolute atomic E-state index is 10.4. The van der Waals surface area contributed by atoms with Gasteiger partial charge in [-0.05, 0) is 74.1 Å². The molecular weight excluding hydrogens is 339 g/mol. The average molecular weight is 361 g/mol. The van der Waals surface area contributed by atoms with E-state index in [4.69, 9.17) is 23.2 Å². The second-order valence-corrected chi connectivity index (χ2v) is 6.58. The minimum Gasteiger partial charge on any atom is -0.506 e. The summed E-state index contributed by atoms with van der Waals surface area (Å²) in [7, 11) is 0. The fourth-order valence-corrected chi connectivity index (χ4v) is 3.08. The van der Waals surface area contributed by atoms with Gasteiger partial charge in [0.1, 0.15) is 5.75 Å². The van der Waals surface area contributed by atoms with E-state index < -0.39 is 0 Å². The molecule has 0 unspecified atom stereocenters. The number of allylic oxidation sites excluding steroid dienone is 4. The normalized spacial score (nSPS) is 11.7. The number of hydrogen-bond donors (Lipinski definition) is 1. The van der Waals surface area contributed by atoms with Crippen molar-refractivity contribution in [1.82, 2.24) is 0 Å². The Kier molecular flexibility index (Phi) is 6.53. The van der Waals surface area contributed by atoms with E-state index in [9.17, 15) is 5.11 Å². The molecule has 2 rings (SSSR count). The van der Waals surface area contributed by atoms with Crippen LogP contribution in [-0.4, -0.2) is 5.11 Å². The molecule has 0 aliphatic rings. The Balaban J connectivity index is 2.58. The number of hydrogen-bond acceptors (Lipinski definition) is 1. The number of halogens is 2. The third-order valence-corrected chi connectivity index (χ3v) is 4.73. The Labute approximate surface area is 154 Å². The molecule has 0 amide bonds. The first-order chi connectivity index (χ1) is 11.5. The molecule has 0 spiro atoms. The minimum atomic E-state index is 0.0952. The lowest BCUT2D eigenvalue weighted by atomic mass is 9.95. The Morgan fingerprint density at radius 3 is 2.25 bits per heavy atom. The van der Waals surface area contributed by atoms with Gasteiger partial charge < -0.3 is 5.11 Å². The fraction of sp³-hybridized carbons (Fsp3) is 0.238. The van der Waals surface area contributed by atoms with E-state index in [-0.39, 0.29) is 5.75 Å². The van der Waals surface area contributed by atoms with Crippen LogP contribution in [0.15, 0.2) is 48.6 Å². The summed E-state index contributed by atoms with van der Waals surface area (Å²) in [4.78, 5) is 0. The van der Waals surface area contributed by atoms with Crippen molar-refractivity contribution in [3.8, 4) is 16.9 Å². The van der Waals surface area contributed by atoms with Gasteiger partial charge in [0.05, 0.1) is 5.02 Å². The van der Waals surface area contributed by atoms with Gasteiger partial charge in [0.2, 0.25) is 0 Å². The van der Waals surface area contributed by atoms with Crippen molar-refractivity contribution in [3.05, 3.63) is 75.3 Å². The molecule has 1 nitrogen and oxygen atoms in total. The van der Waals surface area contributed by atoms with Gasteiger partial charge in [-0.1, -0.05) is 53.6 Å². The average Bonchev–Trinajstić information content (AvgIpc) is 2.57. The molecule has 126 valence electrons. The van der Waals surface area contributed by atoms with Crippen LogP contribution in [0.1, 0.15) is 30.5 Å². The lowest BCUT2D eigenvalue weighted by Crippen LogP contribution is -1.92. The lowest BCUT2D eigenvalue weighted by Gasteiger charge is -2.13. The number of aromatic hydroxyl groups is 1. The van der Waals surface area contributed by atoms with E-state index in [0.717, 1.165) is 35.1 Å². The van der Waals surface area contributed by atoms with Crippen molar-refractivity contribution in [2.45, 2.75) is 33.6 Å². The maximum atomic E-state index is 10.4. The summed E-state index contributed by atoms with van der Waals surface area (Å²) in [6.45, 7) is 5.99. The van der Waals surface area contributed by atoms with Crippen LogP contribution < -0.4 is 0 Å². The molecule has 0 radical (unpaired) electrons. The molecule has 0 heterocycles. The molecular formula is C21H22Cl2O. The zero-order valence-electron chi connectivity index (χ0n) is 14.2. The number of rotatable bonds is 5. The second kappa shape index (κ2) is 8.41. The van der Waals surface area contributed by atoms with E-state index in [1.54, 1.807) is 6.07 Å². The molecule has 1 N–H and O–H groups in total. The highest BCUT2D eigenvalue weighted by atomic mass is 35.5. The first kappa shape index (κ1) is 18.6. The molecule has 0 saturated carbocycles. The molecule has 0 fully saturated rings. The summed E-state index contributed by atoms with van der Waals surface area (Å²) in [5, 5.41) is 11.5. The molecule has 0 bridgehead atoms. The molecule has 24 heavy (non-hydrogen) atoms. The standard InChI is InChI=1S/C21H22Cl2O/c1-4-6-8-15-10-18(21(24)20(23)11-15)17-12-16(9-7-5-2)14(3)19(22)13-17/h4-7,10-13,24H,8-9H2,1-3H3/b6-4+,7-5+. The zero-order chi connectivity index (χ0) is 17.7. The fourth-order valence-electron chi connectivity index (χ4n) is 2.60. The van der Waals surface area contributed by atoms with Crippen molar-refractivity contribution in [1.29, 1.82) is 0 Å². The van der Waals surface area contributed by atoms with Gasteiger partial charge >= 0.3 is 0 Å². The topological polar surface area (TPSA) is 20.2 Å². The predicted molar refractivity (Wildman–Crippen MR) is 105 cm³/mol. The molecule has 2 aromatic rings. The summed E-state index contributed by atoms with van der Waals surface area (Å²) in [6.07, 6.45) is 9.76. The van der Waals surface area contributed by atoms with Gasteiger partial charge in [-0.2, -0.15) is 0 Å². The van der Waals surface area contributed by atoms with Crippen molar-refractivity contribution in [3.63, 3.8) is 0 Å². The summed E-state index contributed by atoms with van der Waals surface area (Å²) in [5.41, 5.74) is 4.86. The van der Waals surface area contributed by atoms with Crippen molar-refractivity contribution in [2.75, 3.05) is 0 Å². The van der Waals surface area contributed by atoms with Crippen molar-refractivity contribution in [2.24, 2.45) is 0 Å². The highest BCUT2D eigenvalue weighted by Crippen LogP contribution is 2.39. The van der Waals surface area contributed by atoms with Crippen molar-refractivity contribution < 1.29 is 5.11 Å². The number of benzene rings is 2. The molecule has 0 atom stereocenters. The van der Waals surface area contributed by atoms with Gasteiger partial charge in [0.15, 0.2) is 0 Å². The Hall–Kier alpha value is -1.70. The van der Waals surface area contributed by atoms with Crippen LogP contribution in [0.25, 0.3) is 11.1 Å². The molecule has 0 saturated heterocycles. The van der Waals surface area contributed by atoms with Crippen LogP contribution in [0.3, 0.4) is 0 Å². The smallest absolute Gasteiger partial charge is 0.142 e. The van der Waals surface area contributed by atoms with Crippen LogP contribution in [0.2, 0.25) is 10.0 Å². The lowest BCUT2D eigenvalue weighted by molar-refractivity contribution is 0.477. The SMILES string of the molecule is C/C=C/Cc1cc(Cl)c(O)c(-c2cc(Cl)c(C)c(C/C=C/C)c2)c1. The van der Waals surface area contributed by atoms with Crippen LogP contribution in [-0.2, 0) is 12.8 Å². The maximum Gasteiger partial charge on any atom is 0.142 e. The summed E-state index contributed by atoms with van der Waals surface area (Å²) < 4.78 is 0. The van der Waals surface area contributed by atoms with Crippen molar-refractivity contribution >= 4 is 23.2 Å². The van der Waals surface area contributed by atoms with Gasteiger partial charge in [-0.15, -0.1) is 0 Å². The highest BCUT2D eigenvalue weighted by Gasteiger charge is 2.13. The molecule has 0 aromatic heterocycles. The zero-order valence-corrected chi connectivity index (χ0v) is 15.7. The van der Waals surface area contributed by atoms with E-state index in [1.165, 1.54) is 0 Å². The largest absolute Gasteiger partial charge is 0.506 e. The molecule has 0 aliphatic heterocycles. The quantitative estimate of drug-likeness (QED) is 0.574. The first-order valence-electron chi connectivity index (χ1n) is 8.01. The van der Waals surface area contributed by atoms with E-state index in [1.807, 2.05) is 45.1 Å². The van der Waals surface area contributed by atoms with E-state index in [2.05, 4.69) is 18.2 Å². The summed E-state index contributed by atoms with van der Waals surface area (Å²) in [5.74, 6) is 0.0952. The van der Waals surface area contributed by atoms with Crippen LogP contribution in [0, 0.1) is 6.92 Å². The van der Waals surface area contributed by atoms with Gasteiger partial charge in [-0.3, -0.25) is 0 Å². The second-order valence-electron chi connectivity index (χ2n) is 5.76. The Morgan fingerprint density at radius 1 is 0.917 bits per heavy atom. The third kappa shape index (κ3) is 4.23. The minimum absolute atomic E-state index is 0.0952. The number of phenolic OH excluding ortho intramolecular Hbond substituents is 1. The third-order valence-electron chi connectivity index (χ3n) is 4.05. The first-order valence-corrected chi connectivity index (χ1v) is 8.76. The molecule has 2 aromatic carbocycles. The molecule has 3 heteroatoms. The van der Waals surface area contributed by atoms with Gasteiger partial charge in [0.25, 0.3) is 0 Å². The van der Waals surface area contributed by atoms with Gasteiger partial charge in [0, 0.05) is 10.6 Å². The Morgan fingerprint density at radius 2 is 1.58 bits per heavy atom.